The van der Waals surface area contributed by atoms with Gasteiger partial charge in [-0.25, -0.2) is 0 Å². The predicted molar refractivity (Wildman–Crippen MR) is 96.9 cm³/mol. The molecule has 27 heavy (non-hydrogen) atoms. The molecule has 1 aromatic heterocycles. The fraction of sp³-hybridized carbons (Fsp3) is 0.200. The summed E-state index contributed by atoms with van der Waals surface area (Å²) in [7, 11) is 0. The van der Waals surface area contributed by atoms with Crippen LogP contribution < -0.4 is 4.74 Å². The van der Waals surface area contributed by atoms with Crippen LogP contribution in [-0.4, -0.2) is 35.1 Å². The maximum Gasteiger partial charge on any atom is 0.406 e. The van der Waals surface area contributed by atoms with Crippen molar-refractivity contribution in [3.8, 4) is 5.75 Å². The number of hydrogen-bond donors (Lipinski definition) is 0. The molecule has 1 heterocycles. The van der Waals surface area contributed by atoms with Gasteiger partial charge in [-0.15, -0.1) is 6.58 Å². The second-order valence-corrected chi connectivity index (χ2v) is 5.63. The van der Waals surface area contributed by atoms with E-state index in [9.17, 15) is 18.0 Å². The Morgan fingerprint density at radius 1 is 1.19 bits per heavy atom. The first-order chi connectivity index (χ1) is 12.9. The van der Waals surface area contributed by atoms with E-state index < -0.39 is 18.6 Å². The molecule has 0 fully saturated rings. The van der Waals surface area contributed by atoms with Gasteiger partial charge < -0.3 is 9.64 Å². The number of halogens is 3. The van der Waals surface area contributed by atoms with Gasteiger partial charge in [-0.05, 0) is 35.9 Å². The first-order valence-corrected chi connectivity index (χ1v) is 8.15. The summed E-state index contributed by atoms with van der Waals surface area (Å²) < 4.78 is 43.2. The fourth-order valence-electron chi connectivity index (χ4n) is 2.19. The van der Waals surface area contributed by atoms with Gasteiger partial charge >= 0.3 is 6.18 Å². The van der Waals surface area contributed by atoms with E-state index in [1.165, 1.54) is 12.2 Å². The van der Waals surface area contributed by atoms with Gasteiger partial charge in [-0.2, -0.15) is 13.2 Å². The third-order valence-corrected chi connectivity index (χ3v) is 3.44. The van der Waals surface area contributed by atoms with Gasteiger partial charge in [0.2, 0.25) is 5.91 Å². The molecule has 0 unspecified atom stereocenters. The van der Waals surface area contributed by atoms with Crippen LogP contribution in [0.2, 0.25) is 0 Å². The van der Waals surface area contributed by atoms with E-state index in [4.69, 9.17) is 4.74 Å². The smallest absolute Gasteiger partial charge is 0.406 e. The molecule has 2 aromatic rings. The molecule has 0 bridgehead atoms. The summed E-state index contributed by atoms with van der Waals surface area (Å²) in [4.78, 5) is 16.8. The van der Waals surface area contributed by atoms with Crippen molar-refractivity contribution in [1.82, 2.24) is 9.88 Å². The summed E-state index contributed by atoms with van der Waals surface area (Å²) in [6.07, 6.45) is 1.04. The van der Waals surface area contributed by atoms with Crippen molar-refractivity contribution < 1.29 is 22.7 Å². The summed E-state index contributed by atoms with van der Waals surface area (Å²) in [6.45, 7) is 2.20. The number of alkyl halides is 3. The van der Waals surface area contributed by atoms with E-state index in [1.54, 1.807) is 30.5 Å². The van der Waals surface area contributed by atoms with E-state index in [0.29, 0.717) is 22.8 Å². The summed E-state index contributed by atoms with van der Waals surface area (Å²) in [6, 6.07) is 12.4. The van der Waals surface area contributed by atoms with Crippen molar-refractivity contribution >= 4 is 12.0 Å². The molecule has 142 valence electrons. The number of nitrogens with zero attached hydrogens (tertiary/aromatic N) is 2. The number of carbonyl (C=O) groups excluding carboxylic acids is 1. The number of benzene rings is 1. The van der Waals surface area contributed by atoms with E-state index in [1.807, 2.05) is 18.2 Å². The lowest BCUT2D eigenvalue weighted by Crippen LogP contribution is -2.38. The second kappa shape index (κ2) is 9.56. The Labute approximate surface area is 155 Å². The molecule has 1 aromatic carbocycles. The topological polar surface area (TPSA) is 42.4 Å². The maximum absolute atomic E-state index is 12.5. The maximum atomic E-state index is 12.5. The highest BCUT2D eigenvalue weighted by atomic mass is 19.4. The Morgan fingerprint density at radius 3 is 2.52 bits per heavy atom. The molecule has 0 aliphatic rings. The average molecular weight is 376 g/mol. The molecule has 0 aliphatic carbocycles. The monoisotopic (exact) mass is 376 g/mol. The Morgan fingerprint density at radius 2 is 1.93 bits per heavy atom. The molecular formula is C20H19F3N2O2. The molecule has 0 atom stereocenters. The summed E-state index contributed by atoms with van der Waals surface area (Å²) in [5.74, 6) is -0.114. The first kappa shape index (κ1) is 20.2. The van der Waals surface area contributed by atoms with Crippen molar-refractivity contribution in [1.29, 1.82) is 0 Å². The van der Waals surface area contributed by atoms with Crippen LogP contribution in [0.1, 0.15) is 11.3 Å². The van der Waals surface area contributed by atoms with Gasteiger partial charge in [0, 0.05) is 18.8 Å². The van der Waals surface area contributed by atoms with Crippen molar-refractivity contribution in [3.05, 3.63) is 78.6 Å². The van der Waals surface area contributed by atoms with Crippen molar-refractivity contribution in [3.63, 3.8) is 0 Å². The number of carbonyl (C=O) groups is 1. The summed E-state index contributed by atoms with van der Waals surface area (Å²) >= 11 is 0. The minimum Gasteiger partial charge on any atom is -0.487 e. The standard InChI is InChI=1S/C20H19F3N2O2/c1-2-13-25(15-20(21,22)23)19(26)11-8-16-6-9-18(10-7-16)27-14-17-5-3-4-12-24-17/h2-12H,1,13-15H2/b11-8+. The van der Waals surface area contributed by atoms with Crippen LogP contribution in [0.3, 0.4) is 0 Å². The molecular weight excluding hydrogens is 357 g/mol. The molecule has 7 heteroatoms. The van der Waals surface area contributed by atoms with Crippen LogP contribution in [0.4, 0.5) is 13.2 Å². The summed E-state index contributed by atoms with van der Waals surface area (Å²) in [5, 5.41) is 0. The van der Waals surface area contributed by atoms with Crippen molar-refractivity contribution in [2.24, 2.45) is 0 Å². The number of ether oxygens (including phenoxy) is 1. The number of amides is 1. The molecule has 4 nitrogen and oxygen atoms in total. The highest BCUT2D eigenvalue weighted by molar-refractivity contribution is 5.91. The molecule has 1 amide bonds. The highest BCUT2D eigenvalue weighted by Gasteiger charge is 2.31. The van der Waals surface area contributed by atoms with Gasteiger partial charge in [0.15, 0.2) is 0 Å². The van der Waals surface area contributed by atoms with Crippen LogP contribution in [0.15, 0.2) is 67.4 Å². The third kappa shape index (κ3) is 7.35. The van der Waals surface area contributed by atoms with E-state index in [2.05, 4.69) is 11.6 Å². The average Bonchev–Trinajstić information content (AvgIpc) is 2.65. The normalized spacial score (nSPS) is 11.4. The SMILES string of the molecule is C=CCN(CC(F)(F)F)C(=O)/C=C/c1ccc(OCc2ccccn2)cc1. The van der Waals surface area contributed by atoms with E-state index >= 15 is 0 Å². The van der Waals surface area contributed by atoms with E-state index in [0.717, 1.165) is 11.8 Å². The van der Waals surface area contributed by atoms with Crippen molar-refractivity contribution in [2.75, 3.05) is 13.1 Å². The first-order valence-electron chi connectivity index (χ1n) is 8.15. The largest absolute Gasteiger partial charge is 0.487 e. The number of aromatic nitrogens is 1. The fourth-order valence-corrected chi connectivity index (χ4v) is 2.19. The Kier molecular flexibility index (Phi) is 7.16. The quantitative estimate of drug-likeness (QED) is 0.511. The third-order valence-electron chi connectivity index (χ3n) is 3.44. The molecule has 0 spiro atoms. The van der Waals surface area contributed by atoms with Crippen LogP contribution in [-0.2, 0) is 11.4 Å². The van der Waals surface area contributed by atoms with Crippen LogP contribution in [0.25, 0.3) is 6.08 Å². The number of rotatable bonds is 8. The zero-order valence-corrected chi connectivity index (χ0v) is 14.5. The molecule has 0 saturated carbocycles. The molecule has 2 rings (SSSR count). The van der Waals surface area contributed by atoms with Gasteiger partial charge in [-0.3, -0.25) is 9.78 Å². The van der Waals surface area contributed by atoms with Crippen LogP contribution in [0, 0.1) is 0 Å². The van der Waals surface area contributed by atoms with Crippen molar-refractivity contribution in [2.45, 2.75) is 12.8 Å². The Balaban J connectivity index is 1.93. The minimum atomic E-state index is -4.46. The zero-order chi connectivity index (χ0) is 19.7. The van der Waals surface area contributed by atoms with Gasteiger partial charge in [0.25, 0.3) is 0 Å². The lowest BCUT2D eigenvalue weighted by atomic mass is 10.2. The summed E-state index contributed by atoms with van der Waals surface area (Å²) in [5.41, 5.74) is 1.46. The van der Waals surface area contributed by atoms with Gasteiger partial charge in [0.1, 0.15) is 18.9 Å². The number of pyridine rings is 1. The van der Waals surface area contributed by atoms with Gasteiger partial charge in [0.05, 0.1) is 5.69 Å². The Hall–Kier alpha value is -3.09. The Bertz CT molecular complexity index is 772. The molecule has 0 N–H and O–H groups in total. The molecule has 0 saturated heterocycles. The van der Waals surface area contributed by atoms with E-state index in [-0.39, 0.29) is 6.54 Å². The lowest BCUT2D eigenvalue weighted by Gasteiger charge is -2.20. The zero-order valence-electron chi connectivity index (χ0n) is 14.5. The molecule has 0 radical (unpaired) electrons. The lowest BCUT2D eigenvalue weighted by molar-refractivity contribution is -0.157. The minimum absolute atomic E-state index is 0.178. The predicted octanol–water partition coefficient (Wildman–Crippen LogP) is 4.25. The highest BCUT2D eigenvalue weighted by Crippen LogP contribution is 2.18. The van der Waals surface area contributed by atoms with Crippen LogP contribution in [0.5, 0.6) is 5.75 Å². The second-order valence-electron chi connectivity index (χ2n) is 5.63. The molecule has 0 aliphatic heterocycles. The van der Waals surface area contributed by atoms with Gasteiger partial charge in [-0.1, -0.05) is 24.3 Å². The van der Waals surface area contributed by atoms with Crippen LogP contribution >= 0.6 is 0 Å². The number of hydrogen-bond acceptors (Lipinski definition) is 3.